The van der Waals surface area contributed by atoms with Crippen LogP contribution in [0.1, 0.15) is 19.3 Å². The summed E-state index contributed by atoms with van der Waals surface area (Å²) in [5, 5.41) is 0.800. The molecule has 104 valence electrons. The maximum Gasteiger partial charge on any atom is 0.0131 e. The predicted molar refractivity (Wildman–Crippen MR) is 90.6 cm³/mol. The van der Waals surface area contributed by atoms with Crippen molar-refractivity contribution in [2.75, 3.05) is 5.75 Å². The van der Waals surface area contributed by atoms with Gasteiger partial charge in [0.2, 0.25) is 0 Å². The first-order valence-corrected chi connectivity index (χ1v) is 9.18. The van der Waals surface area contributed by atoms with Crippen molar-refractivity contribution in [3.8, 4) is 0 Å². The molecular weight excluding hydrogens is 280 g/mol. The Hall–Kier alpha value is -0.860. The third-order valence-electron chi connectivity index (χ3n) is 3.83. The lowest BCUT2D eigenvalue weighted by molar-refractivity contribution is 0.636. The van der Waals surface area contributed by atoms with Gasteiger partial charge in [0.1, 0.15) is 0 Å². The summed E-state index contributed by atoms with van der Waals surface area (Å²) in [6.45, 7) is 0. The molecule has 0 heterocycles. The van der Waals surface area contributed by atoms with Crippen LogP contribution in [0.25, 0.3) is 0 Å². The minimum atomic E-state index is 0.800. The zero-order chi connectivity index (χ0) is 13.6. The highest BCUT2D eigenvalue weighted by atomic mass is 32.2. The van der Waals surface area contributed by atoms with E-state index in [-0.39, 0.29) is 0 Å². The molecular formula is C18H20S2. The van der Waals surface area contributed by atoms with Crippen LogP contribution in [0.5, 0.6) is 0 Å². The quantitative estimate of drug-likeness (QED) is 0.646. The first kappa shape index (κ1) is 14.1. The summed E-state index contributed by atoms with van der Waals surface area (Å²) in [6, 6.07) is 21.7. The topological polar surface area (TPSA) is 0 Å². The van der Waals surface area contributed by atoms with Crippen LogP contribution in [-0.4, -0.2) is 11.0 Å². The highest BCUT2D eigenvalue weighted by molar-refractivity contribution is 8.00. The highest BCUT2D eigenvalue weighted by Gasteiger charge is 2.27. The summed E-state index contributed by atoms with van der Waals surface area (Å²) < 4.78 is 0. The molecule has 0 unspecified atom stereocenters. The Bertz CT molecular complexity index is 509. The van der Waals surface area contributed by atoms with Gasteiger partial charge in [0.05, 0.1) is 0 Å². The Balaban J connectivity index is 1.56. The van der Waals surface area contributed by atoms with Gasteiger partial charge in [-0.1, -0.05) is 42.8 Å². The van der Waals surface area contributed by atoms with Crippen molar-refractivity contribution in [3.63, 3.8) is 0 Å². The largest absolute Gasteiger partial charge is 0.126 e. The van der Waals surface area contributed by atoms with Crippen molar-refractivity contribution in [2.24, 2.45) is 5.92 Å². The van der Waals surface area contributed by atoms with Crippen LogP contribution in [-0.2, 0) is 0 Å². The van der Waals surface area contributed by atoms with E-state index in [0.29, 0.717) is 0 Å². The van der Waals surface area contributed by atoms with Gasteiger partial charge in [-0.3, -0.25) is 0 Å². The van der Waals surface area contributed by atoms with E-state index in [9.17, 15) is 0 Å². The van der Waals surface area contributed by atoms with E-state index >= 15 is 0 Å². The Kier molecular flexibility index (Phi) is 5.10. The van der Waals surface area contributed by atoms with Gasteiger partial charge in [0, 0.05) is 20.8 Å². The molecule has 0 saturated heterocycles. The zero-order valence-corrected chi connectivity index (χ0v) is 13.2. The van der Waals surface area contributed by atoms with Crippen LogP contribution in [0.2, 0.25) is 0 Å². The lowest BCUT2D eigenvalue weighted by Crippen LogP contribution is -2.12. The van der Waals surface area contributed by atoms with Gasteiger partial charge in [-0.2, -0.15) is 0 Å². The van der Waals surface area contributed by atoms with Crippen LogP contribution in [0.4, 0.5) is 0 Å². The van der Waals surface area contributed by atoms with Crippen LogP contribution in [0, 0.1) is 5.92 Å². The molecule has 0 amide bonds. The molecule has 0 aromatic heterocycles. The third-order valence-corrected chi connectivity index (χ3v) is 6.50. The summed E-state index contributed by atoms with van der Waals surface area (Å²) in [5.41, 5.74) is 0. The second-order valence-corrected chi connectivity index (χ2v) is 7.69. The first-order valence-electron chi connectivity index (χ1n) is 7.31. The van der Waals surface area contributed by atoms with E-state index in [0.717, 1.165) is 11.2 Å². The van der Waals surface area contributed by atoms with E-state index in [4.69, 9.17) is 0 Å². The van der Waals surface area contributed by atoms with Gasteiger partial charge in [-0.05, 0) is 43.0 Å². The van der Waals surface area contributed by atoms with Gasteiger partial charge in [-0.15, -0.1) is 23.5 Å². The number of hydrogen-bond donors (Lipinski definition) is 0. The average Bonchev–Trinajstić information content (AvgIpc) is 2.94. The molecule has 1 fully saturated rings. The van der Waals surface area contributed by atoms with Crippen LogP contribution < -0.4 is 0 Å². The number of thioether (sulfide) groups is 2. The van der Waals surface area contributed by atoms with Crippen LogP contribution >= 0.6 is 23.5 Å². The Labute approximate surface area is 130 Å². The Morgan fingerprint density at radius 1 is 0.800 bits per heavy atom. The molecule has 2 aromatic rings. The third kappa shape index (κ3) is 3.83. The molecule has 3 rings (SSSR count). The fourth-order valence-corrected chi connectivity index (χ4v) is 5.39. The molecule has 1 aliphatic carbocycles. The van der Waals surface area contributed by atoms with Crippen molar-refractivity contribution >= 4 is 23.5 Å². The van der Waals surface area contributed by atoms with Crippen LogP contribution in [0.3, 0.4) is 0 Å². The Morgan fingerprint density at radius 3 is 2.15 bits per heavy atom. The number of hydrogen-bond acceptors (Lipinski definition) is 2. The van der Waals surface area contributed by atoms with E-state index in [2.05, 4.69) is 72.4 Å². The Morgan fingerprint density at radius 2 is 1.45 bits per heavy atom. The molecule has 0 bridgehead atoms. The van der Waals surface area contributed by atoms with E-state index in [1.54, 1.807) is 0 Å². The number of benzene rings is 2. The molecule has 0 aliphatic heterocycles. The van der Waals surface area contributed by atoms with E-state index in [1.165, 1.54) is 34.8 Å². The van der Waals surface area contributed by atoms with Crippen molar-refractivity contribution in [3.05, 3.63) is 60.7 Å². The molecule has 20 heavy (non-hydrogen) atoms. The molecule has 1 aliphatic rings. The monoisotopic (exact) mass is 300 g/mol. The summed E-state index contributed by atoms with van der Waals surface area (Å²) in [6.07, 6.45) is 4.16. The molecule has 0 nitrogen and oxygen atoms in total. The summed E-state index contributed by atoms with van der Waals surface area (Å²) in [4.78, 5) is 2.83. The SMILES string of the molecule is c1ccc(SC[C@H]2CCC[C@H]2Sc2ccccc2)cc1. The molecule has 0 N–H and O–H groups in total. The molecule has 1 saturated carbocycles. The average molecular weight is 300 g/mol. The van der Waals surface area contributed by atoms with E-state index in [1.807, 2.05) is 11.8 Å². The summed E-state index contributed by atoms with van der Waals surface area (Å²) in [5.74, 6) is 2.11. The molecule has 2 atom stereocenters. The van der Waals surface area contributed by atoms with Crippen LogP contribution in [0.15, 0.2) is 70.5 Å². The standard InChI is InChI=1S/C18H20S2/c1-3-9-16(10-4-1)19-14-15-8-7-13-18(15)20-17-11-5-2-6-12-17/h1-6,9-12,15,18H,7-8,13-14H2/t15-,18-/m1/s1. The summed E-state index contributed by atoms with van der Waals surface area (Å²) >= 11 is 4.10. The van der Waals surface area contributed by atoms with Gasteiger partial charge in [0.25, 0.3) is 0 Å². The maximum atomic E-state index is 2.24. The number of rotatable bonds is 5. The smallest absolute Gasteiger partial charge is 0.0131 e. The van der Waals surface area contributed by atoms with E-state index < -0.39 is 0 Å². The first-order chi connectivity index (χ1) is 9.92. The summed E-state index contributed by atoms with van der Waals surface area (Å²) in [7, 11) is 0. The normalized spacial score (nSPS) is 22.0. The maximum absolute atomic E-state index is 2.24. The lowest BCUT2D eigenvalue weighted by atomic mass is 10.1. The second kappa shape index (κ2) is 7.24. The second-order valence-electron chi connectivity index (χ2n) is 5.28. The predicted octanol–water partition coefficient (Wildman–Crippen LogP) is 5.74. The molecule has 0 spiro atoms. The molecule has 2 aromatic carbocycles. The molecule has 2 heteroatoms. The molecule has 0 radical (unpaired) electrons. The van der Waals surface area contributed by atoms with Crippen molar-refractivity contribution in [1.29, 1.82) is 0 Å². The highest BCUT2D eigenvalue weighted by Crippen LogP contribution is 2.41. The fraction of sp³-hybridized carbons (Fsp3) is 0.333. The van der Waals surface area contributed by atoms with Gasteiger partial charge in [-0.25, -0.2) is 0 Å². The van der Waals surface area contributed by atoms with Gasteiger partial charge >= 0.3 is 0 Å². The fourth-order valence-electron chi connectivity index (χ4n) is 2.74. The van der Waals surface area contributed by atoms with Crippen molar-refractivity contribution in [2.45, 2.75) is 34.3 Å². The lowest BCUT2D eigenvalue weighted by Gasteiger charge is -2.18. The van der Waals surface area contributed by atoms with Crippen molar-refractivity contribution in [1.82, 2.24) is 0 Å². The minimum absolute atomic E-state index is 0.800. The van der Waals surface area contributed by atoms with Gasteiger partial charge < -0.3 is 0 Å². The van der Waals surface area contributed by atoms with Gasteiger partial charge in [0.15, 0.2) is 0 Å². The minimum Gasteiger partial charge on any atom is -0.126 e. The zero-order valence-electron chi connectivity index (χ0n) is 11.6. The van der Waals surface area contributed by atoms with Crippen molar-refractivity contribution < 1.29 is 0 Å².